The molecule has 110 valence electrons. The van der Waals surface area contributed by atoms with Crippen LogP contribution in [0, 0.1) is 5.41 Å². The number of fused-ring (bicyclic) bond motifs is 1. The van der Waals surface area contributed by atoms with Crippen molar-refractivity contribution in [3.63, 3.8) is 0 Å². The minimum atomic E-state index is -0.431. The lowest BCUT2D eigenvalue weighted by Gasteiger charge is -2.42. The molecular formula is C17H24O3. The second-order valence-corrected chi connectivity index (χ2v) is 5.90. The van der Waals surface area contributed by atoms with E-state index in [1.54, 1.807) is 6.92 Å². The van der Waals surface area contributed by atoms with Crippen molar-refractivity contribution in [1.29, 1.82) is 0 Å². The number of ketones is 1. The first-order valence-electron chi connectivity index (χ1n) is 7.63. The van der Waals surface area contributed by atoms with Gasteiger partial charge in [0.05, 0.1) is 6.61 Å². The van der Waals surface area contributed by atoms with Gasteiger partial charge in [-0.25, -0.2) is 4.79 Å². The fourth-order valence-corrected chi connectivity index (χ4v) is 3.66. The van der Waals surface area contributed by atoms with Crippen LogP contribution >= 0.6 is 0 Å². The van der Waals surface area contributed by atoms with Gasteiger partial charge in [0.1, 0.15) is 5.57 Å². The Morgan fingerprint density at radius 2 is 2.00 bits per heavy atom. The van der Waals surface area contributed by atoms with E-state index < -0.39 is 5.97 Å². The monoisotopic (exact) mass is 276 g/mol. The number of hydrogen-bond acceptors (Lipinski definition) is 3. The van der Waals surface area contributed by atoms with Gasteiger partial charge in [0.2, 0.25) is 0 Å². The third kappa shape index (κ3) is 2.13. The van der Waals surface area contributed by atoms with Gasteiger partial charge >= 0.3 is 5.97 Å². The molecule has 3 heteroatoms. The minimum absolute atomic E-state index is 0.0992. The molecule has 0 aromatic rings. The fraction of sp³-hybridized carbons (Fsp3) is 0.647. The molecule has 1 fully saturated rings. The molecule has 0 bridgehead atoms. The van der Waals surface area contributed by atoms with E-state index in [0.29, 0.717) is 18.6 Å². The topological polar surface area (TPSA) is 43.4 Å². The van der Waals surface area contributed by atoms with Crippen molar-refractivity contribution in [2.75, 3.05) is 6.61 Å². The van der Waals surface area contributed by atoms with E-state index in [1.165, 1.54) is 0 Å². The summed E-state index contributed by atoms with van der Waals surface area (Å²) in [5.74, 6) is -0.531. The maximum absolute atomic E-state index is 12.7. The van der Waals surface area contributed by atoms with E-state index in [1.807, 2.05) is 6.92 Å². The van der Waals surface area contributed by atoms with Crippen molar-refractivity contribution in [3.05, 3.63) is 22.3 Å². The number of carbonyl (C=O) groups is 2. The summed E-state index contributed by atoms with van der Waals surface area (Å²) in [6.45, 7) is 8.31. The summed E-state index contributed by atoms with van der Waals surface area (Å²) < 4.78 is 5.13. The molecular weight excluding hydrogens is 252 g/mol. The van der Waals surface area contributed by atoms with Gasteiger partial charge in [-0.2, -0.15) is 0 Å². The van der Waals surface area contributed by atoms with Crippen LogP contribution in [0.15, 0.2) is 22.3 Å². The first-order chi connectivity index (χ1) is 9.47. The number of ether oxygens (including phenoxy) is 1. The maximum Gasteiger partial charge on any atom is 0.342 e. The Morgan fingerprint density at radius 3 is 2.60 bits per heavy atom. The largest absolute Gasteiger partial charge is 0.462 e. The first-order valence-corrected chi connectivity index (χ1v) is 7.63. The number of allylic oxidation sites excluding steroid dienone is 3. The second-order valence-electron chi connectivity index (χ2n) is 5.90. The average Bonchev–Trinajstić information content (AvgIpc) is 2.41. The molecule has 0 aromatic carbocycles. The van der Waals surface area contributed by atoms with Crippen LogP contribution < -0.4 is 0 Å². The lowest BCUT2D eigenvalue weighted by atomic mass is 9.61. The van der Waals surface area contributed by atoms with Gasteiger partial charge in [0, 0.05) is 5.41 Å². The summed E-state index contributed by atoms with van der Waals surface area (Å²) in [4.78, 5) is 24.9. The third-order valence-electron chi connectivity index (χ3n) is 4.94. The van der Waals surface area contributed by atoms with Crippen LogP contribution in [0.25, 0.3) is 0 Å². The molecule has 3 nitrogen and oxygen atoms in total. The van der Waals surface area contributed by atoms with Gasteiger partial charge in [0.15, 0.2) is 5.78 Å². The van der Waals surface area contributed by atoms with Crippen LogP contribution in [0.3, 0.4) is 0 Å². The predicted octanol–water partition coefficient (Wildman–Crippen LogP) is 3.74. The number of carbonyl (C=O) groups excluding carboxylic acids is 2. The zero-order chi connectivity index (χ0) is 14.9. The van der Waals surface area contributed by atoms with Crippen LogP contribution in [0.4, 0.5) is 0 Å². The zero-order valence-corrected chi connectivity index (χ0v) is 13.0. The quantitative estimate of drug-likeness (QED) is 0.582. The summed E-state index contributed by atoms with van der Waals surface area (Å²) in [6, 6.07) is 0. The van der Waals surface area contributed by atoms with Crippen molar-refractivity contribution < 1.29 is 14.3 Å². The Bertz CT molecular complexity index is 510. The highest BCUT2D eigenvalue weighted by atomic mass is 16.5. The number of rotatable bonds is 3. The molecule has 0 aromatic heterocycles. The normalized spacial score (nSPS) is 26.7. The van der Waals surface area contributed by atoms with Crippen LogP contribution in [0.1, 0.15) is 59.8 Å². The van der Waals surface area contributed by atoms with Gasteiger partial charge < -0.3 is 4.74 Å². The molecule has 0 N–H and O–H groups in total. The van der Waals surface area contributed by atoms with Gasteiger partial charge in [0.25, 0.3) is 0 Å². The Kier molecular flexibility index (Phi) is 4.17. The van der Waals surface area contributed by atoms with E-state index in [9.17, 15) is 9.59 Å². The lowest BCUT2D eigenvalue weighted by Crippen LogP contribution is -2.36. The Morgan fingerprint density at radius 1 is 1.30 bits per heavy atom. The molecule has 1 saturated carbocycles. The van der Waals surface area contributed by atoms with Crippen molar-refractivity contribution in [3.8, 4) is 0 Å². The summed E-state index contributed by atoms with van der Waals surface area (Å²) in [5, 5.41) is 0. The molecule has 1 atom stereocenters. The molecule has 20 heavy (non-hydrogen) atoms. The molecule has 0 spiro atoms. The summed E-state index contributed by atoms with van der Waals surface area (Å²) in [5.41, 5.74) is 3.19. The van der Waals surface area contributed by atoms with Gasteiger partial charge in [-0.05, 0) is 50.7 Å². The van der Waals surface area contributed by atoms with Crippen molar-refractivity contribution in [2.45, 2.75) is 59.8 Å². The van der Waals surface area contributed by atoms with Crippen molar-refractivity contribution in [1.82, 2.24) is 0 Å². The summed E-state index contributed by atoms with van der Waals surface area (Å²) in [7, 11) is 0. The molecule has 0 radical (unpaired) electrons. The molecule has 1 unspecified atom stereocenters. The first kappa shape index (κ1) is 15.0. The molecule has 0 aliphatic heterocycles. The van der Waals surface area contributed by atoms with E-state index in [0.717, 1.165) is 42.4 Å². The van der Waals surface area contributed by atoms with Crippen LogP contribution in [-0.2, 0) is 14.3 Å². The summed E-state index contributed by atoms with van der Waals surface area (Å²) >= 11 is 0. The van der Waals surface area contributed by atoms with Gasteiger partial charge in [-0.3, -0.25) is 4.79 Å². The average molecular weight is 276 g/mol. The molecule has 2 aliphatic carbocycles. The maximum atomic E-state index is 12.7. The molecule has 2 rings (SSSR count). The smallest absolute Gasteiger partial charge is 0.342 e. The Labute approximate surface area is 121 Å². The van der Waals surface area contributed by atoms with E-state index >= 15 is 0 Å². The SMILES string of the molecule is CCOC(=O)C1=C2CCCCC2(C)C(C)=C(CC)C1=O. The van der Waals surface area contributed by atoms with E-state index in [4.69, 9.17) is 4.74 Å². The highest BCUT2D eigenvalue weighted by Crippen LogP contribution is 2.51. The van der Waals surface area contributed by atoms with Crippen molar-refractivity contribution >= 4 is 11.8 Å². The second kappa shape index (κ2) is 5.55. The van der Waals surface area contributed by atoms with E-state index in [-0.39, 0.29) is 11.2 Å². The number of esters is 1. The zero-order valence-electron chi connectivity index (χ0n) is 13.0. The van der Waals surface area contributed by atoms with Gasteiger partial charge in [-0.1, -0.05) is 25.8 Å². The van der Waals surface area contributed by atoms with E-state index in [2.05, 4.69) is 13.8 Å². The van der Waals surface area contributed by atoms with Crippen LogP contribution in [-0.4, -0.2) is 18.4 Å². The fourth-order valence-electron chi connectivity index (χ4n) is 3.66. The highest BCUT2D eigenvalue weighted by Gasteiger charge is 2.44. The third-order valence-corrected chi connectivity index (χ3v) is 4.94. The number of Topliss-reactive ketones (excluding diaryl/α,β-unsaturated/α-hetero) is 1. The van der Waals surface area contributed by atoms with Crippen molar-refractivity contribution in [2.24, 2.45) is 5.41 Å². The lowest BCUT2D eigenvalue weighted by molar-refractivity contribution is -0.140. The Hall–Kier alpha value is -1.38. The molecule has 0 saturated heterocycles. The molecule has 2 aliphatic rings. The van der Waals surface area contributed by atoms with Gasteiger partial charge in [-0.15, -0.1) is 0 Å². The predicted molar refractivity (Wildman–Crippen MR) is 78.2 cm³/mol. The van der Waals surface area contributed by atoms with Crippen LogP contribution in [0.2, 0.25) is 0 Å². The standard InChI is InChI=1S/C17H24O3/c1-5-12-11(3)17(4)10-8-7-9-13(17)14(15(12)18)16(19)20-6-2/h5-10H2,1-4H3. The Balaban J connectivity index is 2.59. The van der Waals surface area contributed by atoms with Crippen LogP contribution in [0.5, 0.6) is 0 Å². The molecule has 0 heterocycles. The highest BCUT2D eigenvalue weighted by molar-refractivity contribution is 6.25. The number of hydrogen-bond donors (Lipinski definition) is 0. The minimum Gasteiger partial charge on any atom is -0.462 e. The summed E-state index contributed by atoms with van der Waals surface area (Å²) in [6.07, 6.45) is 4.74. The molecule has 0 amide bonds.